The van der Waals surface area contributed by atoms with Crippen LogP contribution in [0, 0.1) is 6.92 Å². The number of hydrogen-bond acceptors (Lipinski definition) is 3. The largest absolute Gasteiger partial charge is 0.326 e. The maximum absolute atomic E-state index is 12.4. The first-order valence-electron chi connectivity index (χ1n) is 9.04. The number of carbonyl (C=O) groups is 1. The molecule has 0 unspecified atom stereocenters. The van der Waals surface area contributed by atoms with Gasteiger partial charge in [0.25, 0.3) is 0 Å². The second-order valence-corrected chi connectivity index (χ2v) is 7.03. The molecule has 140 valence electrons. The minimum absolute atomic E-state index is 0.0366. The summed E-state index contributed by atoms with van der Waals surface area (Å²) in [6.07, 6.45) is 4.70. The number of benzene rings is 2. The van der Waals surface area contributed by atoms with Crippen LogP contribution in [0.15, 0.2) is 67.0 Å². The van der Waals surface area contributed by atoms with Crippen LogP contribution in [0.25, 0.3) is 17.0 Å². The first kappa shape index (κ1) is 18.2. The molecule has 4 rings (SSSR count). The van der Waals surface area contributed by atoms with Crippen molar-refractivity contribution in [2.24, 2.45) is 0 Å². The third kappa shape index (κ3) is 3.89. The van der Waals surface area contributed by atoms with Crippen LogP contribution in [0.2, 0.25) is 5.02 Å². The van der Waals surface area contributed by atoms with Gasteiger partial charge in [-0.15, -0.1) is 0 Å². The number of hydrogen-bond donors (Lipinski definition) is 1. The molecule has 0 aliphatic carbocycles. The van der Waals surface area contributed by atoms with Crippen molar-refractivity contribution >= 4 is 29.0 Å². The van der Waals surface area contributed by atoms with E-state index in [4.69, 9.17) is 11.6 Å². The standard InChI is InChI=1S/C22H19ClN4O/c1-15-21(26-22-24-11-4-12-27(15)22)17-6-3-8-19(14-17)25-20(28)10-9-16-5-2-7-18(23)13-16/h2-8,11-14H,9-10H2,1H3,(H,25,28). The maximum atomic E-state index is 12.4. The number of nitrogens with zero attached hydrogens (tertiary/aromatic N) is 3. The van der Waals surface area contributed by atoms with Gasteiger partial charge in [0.2, 0.25) is 11.7 Å². The van der Waals surface area contributed by atoms with Gasteiger partial charge in [0.15, 0.2) is 0 Å². The van der Waals surface area contributed by atoms with Crippen molar-refractivity contribution in [1.29, 1.82) is 0 Å². The summed E-state index contributed by atoms with van der Waals surface area (Å²) in [5.41, 5.74) is 4.60. The van der Waals surface area contributed by atoms with Crippen LogP contribution < -0.4 is 5.32 Å². The molecule has 0 radical (unpaired) electrons. The van der Waals surface area contributed by atoms with E-state index >= 15 is 0 Å². The minimum Gasteiger partial charge on any atom is -0.326 e. The Bertz CT molecular complexity index is 1150. The number of fused-ring (bicyclic) bond motifs is 1. The van der Waals surface area contributed by atoms with Crippen molar-refractivity contribution in [3.8, 4) is 11.3 Å². The zero-order chi connectivity index (χ0) is 19.5. The van der Waals surface area contributed by atoms with Gasteiger partial charge >= 0.3 is 0 Å². The molecular weight excluding hydrogens is 372 g/mol. The number of anilines is 1. The third-order valence-electron chi connectivity index (χ3n) is 4.59. The molecular formula is C22H19ClN4O. The molecule has 0 bridgehead atoms. The molecule has 0 saturated heterocycles. The summed E-state index contributed by atoms with van der Waals surface area (Å²) in [4.78, 5) is 21.3. The molecule has 0 aliphatic rings. The number of nitrogens with one attached hydrogen (secondary N) is 1. The van der Waals surface area contributed by atoms with E-state index in [1.54, 1.807) is 6.20 Å². The van der Waals surface area contributed by atoms with E-state index in [9.17, 15) is 4.79 Å². The Labute approximate surface area is 168 Å². The van der Waals surface area contributed by atoms with E-state index in [0.717, 1.165) is 28.2 Å². The van der Waals surface area contributed by atoms with Crippen molar-refractivity contribution in [3.63, 3.8) is 0 Å². The molecule has 2 aromatic carbocycles. The summed E-state index contributed by atoms with van der Waals surface area (Å²) >= 11 is 5.99. The van der Waals surface area contributed by atoms with Crippen molar-refractivity contribution in [2.75, 3.05) is 5.32 Å². The Hall–Kier alpha value is -3.18. The van der Waals surface area contributed by atoms with Gasteiger partial charge in [-0.3, -0.25) is 9.20 Å². The fraction of sp³-hybridized carbons (Fsp3) is 0.136. The minimum atomic E-state index is -0.0366. The first-order chi connectivity index (χ1) is 13.6. The average molecular weight is 391 g/mol. The Morgan fingerprint density at radius 1 is 1.14 bits per heavy atom. The number of halogens is 1. The monoisotopic (exact) mass is 390 g/mol. The normalized spacial score (nSPS) is 10.9. The van der Waals surface area contributed by atoms with Gasteiger partial charge in [-0.25, -0.2) is 9.97 Å². The summed E-state index contributed by atoms with van der Waals surface area (Å²) in [7, 11) is 0. The molecule has 6 heteroatoms. The zero-order valence-electron chi connectivity index (χ0n) is 15.4. The van der Waals surface area contributed by atoms with E-state index in [0.29, 0.717) is 23.6 Å². The fourth-order valence-electron chi connectivity index (χ4n) is 3.19. The summed E-state index contributed by atoms with van der Waals surface area (Å²) in [5, 5.41) is 3.65. The summed E-state index contributed by atoms with van der Waals surface area (Å²) in [5.74, 6) is 0.622. The number of carbonyl (C=O) groups excluding carboxylic acids is 1. The van der Waals surface area contributed by atoms with E-state index in [2.05, 4.69) is 15.3 Å². The SMILES string of the molecule is Cc1c(-c2cccc(NC(=O)CCc3cccc(Cl)c3)c2)nc2ncccn12. The van der Waals surface area contributed by atoms with E-state index in [1.807, 2.05) is 72.1 Å². The van der Waals surface area contributed by atoms with Crippen molar-refractivity contribution in [1.82, 2.24) is 14.4 Å². The van der Waals surface area contributed by atoms with Gasteiger partial charge in [0.05, 0.1) is 5.69 Å². The molecule has 0 spiro atoms. The number of imidazole rings is 1. The lowest BCUT2D eigenvalue weighted by Crippen LogP contribution is -2.12. The van der Waals surface area contributed by atoms with Gasteiger partial charge in [0.1, 0.15) is 0 Å². The van der Waals surface area contributed by atoms with Crippen LogP contribution in [0.3, 0.4) is 0 Å². The van der Waals surface area contributed by atoms with Crippen molar-refractivity contribution in [3.05, 3.63) is 83.3 Å². The molecule has 0 saturated carbocycles. The number of aromatic nitrogens is 3. The molecule has 5 nitrogen and oxygen atoms in total. The summed E-state index contributed by atoms with van der Waals surface area (Å²) in [6, 6.07) is 17.2. The predicted octanol–water partition coefficient (Wildman–Crippen LogP) is 4.93. The van der Waals surface area contributed by atoms with Crippen LogP contribution in [-0.2, 0) is 11.2 Å². The Morgan fingerprint density at radius 2 is 2.00 bits per heavy atom. The molecule has 1 N–H and O–H groups in total. The molecule has 1 amide bonds. The van der Waals surface area contributed by atoms with Crippen LogP contribution in [0.1, 0.15) is 17.7 Å². The van der Waals surface area contributed by atoms with E-state index < -0.39 is 0 Å². The van der Waals surface area contributed by atoms with Crippen molar-refractivity contribution in [2.45, 2.75) is 19.8 Å². The average Bonchev–Trinajstić information content (AvgIpc) is 3.04. The van der Waals surface area contributed by atoms with Gasteiger partial charge < -0.3 is 5.32 Å². The van der Waals surface area contributed by atoms with Crippen LogP contribution in [-0.4, -0.2) is 20.3 Å². The second kappa shape index (κ2) is 7.82. The predicted molar refractivity (Wildman–Crippen MR) is 112 cm³/mol. The molecule has 4 aromatic rings. The first-order valence-corrected chi connectivity index (χ1v) is 9.42. The van der Waals surface area contributed by atoms with Gasteiger partial charge in [0, 0.05) is 40.8 Å². The summed E-state index contributed by atoms with van der Waals surface area (Å²) < 4.78 is 1.95. The molecule has 2 aromatic heterocycles. The van der Waals surface area contributed by atoms with Crippen LogP contribution >= 0.6 is 11.6 Å². The van der Waals surface area contributed by atoms with E-state index in [1.165, 1.54) is 0 Å². The van der Waals surface area contributed by atoms with E-state index in [-0.39, 0.29) is 5.91 Å². The van der Waals surface area contributed by atoms with Crippen LogP contribution in [0.4, 0.5) is 5.69 Å². The molecule has 0 fully saturated rings. The van der Waals surface area contributed by atoms with Crippen molar-refractivity contribution < 1.29 is 4.79 Å². The number of rotatable bonds is 5. The number of aryl methyl sites for hydroxylation is 2. The Balaban J connectivity index is 1.49. The highest BCUT2D eigenvalue weighted by Gasteiger charge is 2.12. The smallest absolute Gasteiger partial charge is 0.234 e. The topological polar surface area (TPSA) is 59.3 Å². The highest BCUT2D eigenvalue weighted by molar-refractivity contribution is 6.30. The lowest BCUT2D eigenvalue weighted by atomic mass is 10.1. The quantitative estimate of drug-likeness (QED) is 0.525. The lowest BCUT2D eigenvalue weighted by molar-refractivity contribution is -0.116. The van der Waals surface area contributed by atoms with Gasteiger partial charge in [-0.1, -0.05) is 35.9 Å². The van der Waals surface area contributed by atoms with Gasteiger partial charge in [-0.2, -0.15) is 0 Å². The van der Waals surface area contributed by atoms with Gasteiger partial charge in [-0.05, 0) is 49.2 Å². The highest BCUT2D eigenvalue weighted by atomic mass is 35.5. The highest BCUT2D eigenvalue weighted by Crippen LogP contribution is 2.25. The molecule has 28 heavy (non-hydrogen) atoms. The summed E-state index contributed by atoms with van der Waals surface area (Å²) in [6.45, 7) is 2.01. The fourth-order valence-corrected chi connectivity index (χ4v) is 3.41. The Kier molecular flexibility index (Phi) is 5.08. The molecule has 0 aliphatic heterocycles. The van der Waals surface area contributed by atoms with Crippen LogP contribution in [0.5, 0.6) is 0 Å². The zero-order valence-corrected chi connectivity index (χ0v) is 16.1. The molecule has 0 atom stereocenters. The Morgan fingerprint density at radius 3 is 2.82 bits per heavy atom. The number of amides is 1. The third-order valence-corrected chi connectivity index (χ3v) is 4.83. The second-order valence-electron chi connectivity index (χ2n) is 6.59. The maximum Gasteiger partial charge on any atom is 0.234 e. The lowest BCUT2D eigenvalue weighted by Gasteiger charge is -2.07. The molecule has 2 heterocycles.